The fourth-order valence-electron chi connectivity index (χ4n) is 7.07. The van der Waals surface area contributed by atoms with Gasteiger partial charge in [0.1, 0.15) is 48.5 Å². The van der Waals surface area contributed by atoms with E-state index in [0.717, 1.165) is 21.6 Å². The van der Waals surface area contributed by atoms with Gasteiger partial charge in [-0.3, -0.25) is 57.8 Å². The van der Waals surface area contributed by atoms with Crippen LogP contribution in [0.1, 0.15) is 57.1 Å². The van der Waals surface area contributed by atoms with Crippen LogP contribution >= 0.6 is 21.6 Å². The number of hydrogen-bond acceptors (Lipinski definition) is 16. The second kappa shape index (κ2) is 31.2. The molecule has 0 unspecified atom stereocenters. The van der Waals surface area contributed by atoms with Gasteiger partial charge in [-0.1, -0.05) is 77.9 Å². The molecule has 0 aliphatic carbocycles. The lowest BCUT2D eigenvalue weighted by molar-refractivity contribution is -0.138. The molecule has 1 heterocycles. The van der Waals surface area contributed by atoms with Crippen LogP contribution in [0.4, 0.5) is 4.79 Å². The summed E-state index contributed by atoms with van der Waals surface area (Å²) in [6.45, 7) is 2.18. The van der Waals surface area contributed by atoms with Gasteiger partial charge in [-0.2, -0.15) is 0 Å². The Bertz CT molecular complexity index is 2380. The Kier molecular flexibility index (Phi) is 25.6. The zero-order chi connectivity index (χ0) is 55.8. The van der Waals surface area contributed by atoms with Gasteiger partial charge in [0, 0.05) is 43.9 Å². The minimum atomic E-state index is -1.86. The summed E-state index contributed by atoms with van der Waals surface area (Å²) in [5, 5.41) is 36.3. The number of primary amides is 2. The maximum Gasteiger partial charge on any atom is 0.324 e. The number of carboxylic acids is 1. The fraction of sp³-hybridized carbons (Fsp3) is 0.478. The first-order valence-electron chi connectivity index (χ1n) is 23.5. The molecule has 27 nitrogen and oxygen atoms in total. The highest BCUT2D eigenvalue weighted by Crippen LogP contribution is 2.24. The van der Waals surface area contributed by atoms with Gasteiger partial charge < -0.3 is 76.1 Å². The summed E-state index contributed by atoms with van der Waals surface area (Å²) in [7, 11) is 1.86. The molecule has 0 saturated carbocycles. The van der Waals surface area contributed by atoms with Crippen molar-refractivity contribution in [2.24, 2.45) is 39.6 Å². The highest BCUT2D eigenvalue weighted by molar-refractivity contribution is 8.76. The number of urea groups is 1. The zero-order valence-electron chi connectivity index (χ0n) is 41.3. The summed E-state index contributed by atoms with van der Waals surface area (Å²) in [6, 6.07) is 2.18. The number of amides is 11. The topological polar surface area (TPSA) is 458 Å². The molecule has 1 aliphatic rings. The second-order valence-corrected chi connectivity index (χ2v) is 20.2. The average molecular weight is 1090 g/mol. The molecule has 2 aromatic rings. The molecule has 3 rings (SSSR count). The van der Waals surface area contributed by atoms with E-state index in [1.165, 1.54) is 24.3 Å². The number of hydrogen-bond donors (Lipinski definition) is 14. The van der Waals surface area contributed by atoms with Crippen molar-refractivity contribution in [2.45, 2.75) is 101 Å². The molecule has 29 heteroatoms. The standard InChI is InChI=1S/C46H66N14O13S2/c1-24(2)21-60(46(73)59-29(9-6-16-52-45(50)51)39(67)53-20-37(64)65)44(72)34-23-75-74-22-28(47)38(66)55-31(18-26-10-12-27(61)13-11-26)42(70)56-32(17-25-7-4-3-5-8-25)41(69)54-30(14-15-35(48)62)40(68)57-33(19-36(49)63)43(71)58-34/h3-5,7-8,10-13,24,28-34,61H,6,9,14-23,47H2,1-2H3,(H2,48,62)(H2,49,63)(H,53,67)(H,54,69)(H,55,66)(H,56,70)(H,57,68)(H,58,71)(H,59,73)(H,64,65)(H4,50,51,52)/t28-,29+,30-,31-,32+,33+,34+/m1/s1. The largest absolute Gasteiger partial charge is 0.508 e. The molecule has 2 aromatic carbocycles. The zero-order valence-corrected chi connectivity index (χ0v) is 42.9. The predicted octanol–water partition coefficient (Wildman–Crippen LogP) is -3.72. The number of phenolic OH excluding ortho intramolecular Hbond substituents is 1. The summed E-state index contributed by atoms with van der Waals surface area (Å²) < 4.78 is 0. The Labute approximate surface area is 439 Å². The van der Waals surface area contributed by atoms with E-state index in [9.17, 15) is 63.0 Å². The van der Waals surface area contributed by atoms with Crippen molar-refractivity contribution in [3.8, 4) is 5.75 Å². The van der Waals surface area contributed by atoms with Crippen LogP contribution in [0, 0.1) is 5.92 Å². The van der Waals surface area contributed by atoms with Crippen molar-refractivity contribution >= 4 is 92.7 Å². The van der Waals surface area contributed by atoms with E-state index < -0.39 is 139 Å². The van der Waals surface area contributed by atoms with Gasteiger partial charge in [0.05, 0.1) is 12.5 Å². The summed E-state index contributed by atoms with van der Waals surface area (Å²) in [4.78, 5) is 153. The molecule has 7 atom stereocenters. The number of phenols is 1. The van der Waals surface area contributed by atoms with Crippen LogP contribution in [0.2, 0.25) is 0 Å². The Morgan fingerprint density at radius 1 is 0.733 bits per heavy atom. The van der Waals surface area contributed by atoms with Crippen molar-refractivity contribution in [1.82, 2.24) is 42.1 Å². The smallest absolute Gasteiger partial charge is 0.324 e. The number of carbonyl (C=O) groups excluding carboxylic acids is 10. The normalized spacial score (nSPS) is 20.6. The van der Waals surface area contributed by atoms with Crippen LogP contribution in [0.25, 0.3) is 0 Å². The molecule has 11 amide bonds. The number of imide groups is 1. The first-order valence-corrected chi connectivity index (χ1v) is 26.0. The lowest BCUT2D eigenvalue weighted by Gasteiger charge is -2.30. The van der Waals surface area contributed by atoms with Crippen molar-refractivity contribution in [3.05, 3.63) is 65.7 Å². The number of guanidine groups is 1. The summed E-state index contributed by atoms with van der Waals surface area (Å²) in [5.74, 6) is -11.7. The highest BCUT2D eigenvalue weighted by Gasteiger charge is 2.37. The summed E-state index contributed by atoms with van der Waals surface area (Å²) >= 11 is 0. The predicted molar refractivity (Wildman–Crippen MR) is 276 cm³/mol. The SMILES string of the molecule is CC(C)CN(C(=O)N[C@@H](CCCN=C(N)N)C(=O)NCC(=O)O)C(=O)[C@@H]1CSSC[C@@H](N)C(=O)N[C@H](Cc2ccc(O)cc2)C(=O)N[C@@H](Cc2ccccc2)C(=O)N[C@H](CCC(N)=O)C(=O)N[C@@H](CC(N)=O)C(=O)N1. The Morgan fingerprint density at radius 2 is 1.28 bits per heavy atom. The Balaban J connectivity index is 2.13. The van der Waals surface area contributed by atoms with Crippen LogP contribution in [0.15, 0.2) is 59.6 Å². The van der Waals surface area contributed by atoms with Gasteiger partial charge >= 0.3 is 12.0 Å². The molecule has 1 saturated heterocycles. The molecule has 0 bridgehead atoms. The van der Waals surface area contributed by atoms with Gasteiger partial charge in [0.25, 0.3) is 5.91 Å². The quantitative estimate of drug-likeness (QED) is 0.0262. The number of carboxylic acid groups (broad SMARTS) is 1. The molecule has 0 aromatic heterocycles. The monoisotopic (exact) mass is 1090 g/mol. The number of carbonyl (C=O) groups is 11. The van der Waals surface area contributed by atoms with Crippen molar-refractivity contribution in [1.29, 1.82) is 0 Å². The number of nitrogens with zero attached hydrogens (tertiary/aromatic N) is 2. The number of nitrogens with one attached hydrogen (secondary N) is 7. The Hall–Kier alpha value is -7.66. The molecular weight excluding hydrogens is 1020 g/mol. The van der Waals surface area contributed by atoms with E-state index in [-0.39, 0.29) is 62.0 Å². The van der Waals surface area contributed by atoms with Crippen LogP contribution in [0.3, 0.4) is 0 Å². The summed E-state index contributed by atoms with van der Waals surface area (Å²) in [5.41, 5.74) is 29.1. The third-order valence-electron chi connectivity index (χ3n) is 10.8. The van der Waals surface area contributed by atoms with E-state index in [4.69, 9.17) is 28.7 Å². The number of benzene rings is 2. The van der Waals surface area contributed by atoms with Gasteiger partial charge in [0.2, 0.25) is 47.3 Å². The van der Waals surface area contributed by atoms with E-state index in [1.54, 1.807) is 44.2 Å². The van der Waals surface area contributed by atoms with E-state index in [2.05, 4.69) is 42.2 Å². The highest BCUT2D eigenvalue weighted by atomic mass is 33.1. The summed E-state index contributed by atoms with van der Waals surface area (Å²) in [6.07, 6.45) is -2.18. The average Bonchev–Trinajstić information content (AvgIpc) is 3.34. The van der Waals surface area contributed by atoms with Crippen LogP contribution in [0.5, 0.6) is 5.75 Å². The van der Waals surface area contributed by atoms with E-state index in [1.807, 2.05) is 0 Å². The fourth-order valence-corrected chi connectivity index (χ4v) is 9.35. The minimum Gasteiger partial charge on any atom is -0.508 e. The molecule has 75 heavy (non-hydrogen) atoms. The van der Waals surface area contributed by atoms with Crippen LogP contribution in [-0.2, 0) is 60.8 Å². The van der Waals surface area contributed by atoms with Gasteiger partial charge in [0.15, 0.2) is 5.96 Å². The van der Waals surface area contributed by atoms with Crippen molar-refractivity contribution in [2.75, 3.05) is 31.1 Å². The van der Waals surface area contributed by atoms with Crippen molar-refractivity contribution in [3.63, 3.8) is 0 Å². The van der Waals surface area contributed by atoms with Gasteiger partial charge in [-0.25, -0.2) is 4.79 Å². The number of rotatable bonds is 20. The van der Waals surface area contributed by atoms with Crippen LogP contribution in [-0.4, -0.2) is 160 Å². The van der Waals surface area contributed by atoms with E-state index in [0.29, 0.717) is 16.0 Å². The number of aliphatic carboxylic acids is 1. The number of aliphatic imine (C=N–C) groups is 1. The number of nitrogens with two attached hydrogens (primary N) is 5. The first kappa shape index (κ1) is 61.6. The number of aromatic hydroxyl groups is 1. The maximum absolute atomic E-state index is 14.7. The van der Waals surface area contributed by atoms with Crippen molar-refractivity contribution < 1.29 is 63.0 Å². The molecule has 0 spiro atoms. The molecule has 1 aliphatic heterocycles. The maximum atomic E-state index is 14.7. The molecule has 1 fully saturated rings. The first-order chi connectivity index (χ1) is 35.4. The van der Waals surface area contributed by atoms with Gasteiger partial charge in [-0.05, 0) is 48.4 Å². The third-order valence-corrected chi connectivity index (χ3v) is 13.3. The molecule has 410 valence electrons. The minimum absolute atomic E-state index is 0.00955. The second-order valence-electron chi connectivity index (χ2n) is 17.6. The lowest BCUT2D eigenvalue weighted by Crippen LogP contribution is -2.61. The third kappa shape index (κ3) is 22.6. The van der Waals surface area contributed by atoms with Gasteiger partial charge in [-0.15, -0.1) is 0 Å². The van der Waals surface area contributed by atoms with Crippen LogP contribution < -0.4 is 65.9 Å². The Morgan fingerprint density at radius 3 is 1.85 bits per heavy atom. The lowest BCUT2D eigenvalue weighted by atomic mass is 10.0. The molecule has 19 N–H and O–H groups in total. The molecule has 0 radical (unpaired) electrons. The molecular formula is C46H66N14O13S2. The van der Waals surface area contributed by atoms with E-state index >= 15 is 0 Å².